The van der Waals surface area contributed by atoms with Crippen molar-refractivity contribution in [2.24, 2.45) is 0 Å². The van der Waals surface area contributed by atoms with Gasteiger partial charge in [0.05, 0.1) is 6.10 Å². The van der Waals surface area contributed by atoms with Crippen LogP contribution in [0.3, 0.4) is 0 Å². The Balaban J connectivity index is 2.12. The largest absolute Gasteiger partial charge is 0.391 e. The first-order chi connectivity index (χ1) is 7.47. The zero-order valence-electron chi connectivity index (χ0n) is 10.1. The molecular weight excluding hydrogens is 222 g/mol. The third-order valence-electron chi connectivity index (χ3n) is 2.72. The minimum Gasteiger partial charge on any atom is -0.391 e. The standard InChI is InChI=1S/C11H19N3OS/c1-11(2,3)9-12-13-10(16-9)14-6-4-5-8(15)7-14/h8,15H,4-7H2,1-3H3. The molecule has 5 heteroatoms. The van der Waals surface area contributed by atoms with Crippen LogP contribution in [-0.2, 0) is 5.41 Å². The molecule has 1 atom stereocenters. The lowest BCUT2D eigenvalue weighted by atomic mass is 9.98. The first-order valence-corrected chi connectivity index (χ1v) is 6.55. The van der Waals surface area contributed by atoms with E-state index in [1.165, 1.54) is 0 Å². The molecule has 2 heterocycles. The van der Waals surface area contributed by atoms with Crippen LogP contribution >= 0.6 is 11.3 Å². The van der Waals surface area contributed by atoms with Gasteiger partial charge < -0.3 is 10.0 Å². The molecule has 0 saturated carbocycles. The highest BCUT2D eigenvalue weighted by Crippen LogP contribution is 2.30. The van der Waals surface area contributed by atoms with Gasteiger partial charge in [0.25, 0.3) is 0 Å². The van der Waals surface area contributed by atoms with E-state index < -0.39 is 0 Å². The highest BCUT2D eigenvalue weighted by molar-refractivity contribution is 7.15. The summed E-state index contributed by atoms with van der Waals surface area (Å²) in [5.41, 5.74) is 0.0598. The highest BCUT2D eigenvalue weighted by Gasteiger charge is 2.24. The Morgan fingerprint density at radius 2 is 2.12 bits per heavy atom. The summed E-state index contributed by atoms with van der Waals surface area (Å²) in [6, 6.07) is 0. The maximum atomic E-state index is 9.62. The summed E-state index contributed by atoms with van der Waals surface area (Å²) < 4.78 is 0. The first-order valence-electron chi connectivity index (χ1n) is 5.74. The molecule has 16 heavy (non-hydrogen) atoms. The molecule has 1 fully saturated rings. The molecule has 0 bridgehead atoms. The normalized spacial score (nSPS) is 22.5. The van der Waals surface area contributed by atoms with Crippen molar-refractivity contribution in [1.82, 2.24) is 10.2 Å². The van der Waals surface area contributed by atoms with E-state index in [-0.39, 0.29) is 11.5 Å². The van der Waals surface area contributed by atoms with E-state index in [2.05, 4.69) is 35.9 Å². The van der Waals surface area contributed by atoms with E-state index in [1.54, 1.807) is 11.3 Å². The number of nitrogens with zero attached hydrogens (tertiary/aromatic N) is 3. The summed E-state index contributed by atoms with van der Waals surface area (Å²) in [6.45, 7) is 8.10. The number of hydrogen-bond donors (Lipinski definition) is 1. The van der Waals surface area contributed by atoms with Crippen LogP contribution in [0.2, 0.25) is 0 Å². The first kappa shape index (κ1) is 11.8. The zero-order valence-corrected chi connectivity index (χ0v) is 10.9. The monoisotopic (exact) mass is 241 g/mol. The minimum absolute atomic E-state index is 0.0598. The Morgan fingerprint density at radius 1 is 1.38 bits per heavy atom. The average Bonchev–Trinajstić information content (AvgIpc) is 2.65. The van der Waals surface area contributed by atoms with Crippen molar-refractivity contribution < 1.29 is 5.11 Å². The maximum Gasteiger partial charge on any atom is 0.208 e. The minimum atomic E-state index is -0.212. The predicted molar refractivity (Wildman–Crippen MR) is 66.1 cm³/mol. The third-order valence-corrected chi connectivity index (χ3v) is 4.13. The molecule has 1 unspecified atom stereocenters. The summed E-state index contributed by atoms with van der Waals surface area (Å²) >= 11 is 1.64. The van der Waals surface area contributed by atoms with Gasteiger partial charge in [0, 0.05) is 18.5 Å². The van der Waals surface area contributed by atoms with Gasteiger partial charge in [-0.3, -0.25) is 0 Å². The Hall–Kier alpha value is -0.680. The molecule has 1 N–H and O–H groups in total. The Morgan fingerprint density at radius 3 is 2.69 bits per heavy atom. The van der Waals surface area contributed by atoms with Crippen molar-refractivity contribution in [1.29, 1.82) is 0 Å². The Bertz CT molecular complexity index is 358. The second-order valence-electron chi connectivity index (χ2n) is 5.38. The van der Waals surface area contributed by atoms with Crippen molar-refractivity contribution in [2.45, 2.75) is 45.1 Å². The van der Waals surface area contributed by atoms with Gasteiger partial charge in [-0.25, -0.2) is 0 Å². The molecule has 4 nitrogen and oxygen atoms in total. The summed E-state index contributed by atoms with van der Waals surface area (Å²) in [5, 5.41) is 20.1. The van der Waals surface area contributed by atoms with Gasteiger partial charge in [0.15, 0.2) is 0 Å². The maximum absolute atomic E-state index is 9.62. The van der Waals surface area contributed by atoms with Gasteiger partial charge in [-0.05, 0) is 12.8 Å². The van der Waals surface area contributed by atoms with Crippen LogP contribution in [0.4, 0.5) is 5.13 Å². The Kier molecular flexibility index (Phi) is 3.17. The molecule has 1 aromatic heterocycles. The summed E-state index contributed by atoms with van der Waals surface area (Å²) in [5.74, 6) is 0. The van der Waals surface area contributed by atoms with Crippen LogP contribution in [-0.4, -0.2) is 34.5 Å². The molecule has 0 radical (unpaired) electrons. The topological polar surface area (TPSA) is 49.2 Å². The number of anilines is 1. The molecule has 0 aromatic carbocycles. The molecule has 0 aliphatic carbocycles. The quantitative estimate of drug-likeness (QED) is 0.814. The van der Waals surface area contributed by atoms with Gasteiger partial charge in [0.1, 0.15) is 5.01 Å². The van der Waals surface area contributed by atoms with Gasteiger partial charge in [-0.2, -0.15) is 0 Å². The van der Waals surface area contributed by atoms with Gasteiger partial charge in [-0.1, -0.05) is 32.1 Å². The average molecular weight is 241 g/mol. The SMILES string of the molecule is CC(C)(C)c1nnc(N2CCCC(O)C2)s1. The van der Waals surface area contributed by atoms with Gasteiger partial charge in [-0.15, -0.1) is 10.2 Å². The molecule has 90 valence electrons. The van der Waals surface area contributed by atoms with Crippen LogP contribution in [0, 0.1) is 0 Å². The lowest BCUT2D eigenvalue weighted by Crippen LogP contribution is -2.38. The van der Waals surface area contributed by atoms with E-state index >= 15 is 0 Å². The fourth-order valence-corrected chi connectivity index (χ4v) is 2.71. The fourth-order valence-electron chi connectivity index (χ4n) is 1.77. The zero-order chi connectivity index (χ0) is 11.8. The van der Waals surface area contributed by atoms with E-state index in [4.69, 9.17) is 0 Å². The van der Waals surface area contributed by atoms with Crippen molar-refractivity contribution >= 4 is 16.5 Å². The number of β-amino-alcohol motifs (C(OH)–C–C–N with tert-alkyl or cyclic N) is 1. The molecular formula is C11H19N3OS. The Labute approximate surface area is 100 Å². The summed E-state index contributed by atoms with van der Waals surface area (Å²) in [6.07, 6.45) is 1.73. The molecule has 0 amide bonds. The van der Waals surface area contributed by atoms with E-state index in [1.807, 2.05) is 0 Å². The summed E-state index contributed by atoms with van der Waals surface area (Å²) in [4.78, 5) is 2.14. The number of piperidine rings is 1. The van der Waals surface area contributed by atoms with E-state index in [0.29, 0.717) is 6.54 Å². The summed E-state index contributed by atoms with van der Waals surface area (Å²) in [7, 11) is 0. The number of rotatable bonds is 1. The lowest BCUT2D eigenvalue weighted by molar-refractivity contribution is 0.154. The highest BCUT2D eigenvalue weighted by atomic mass is 32.1. The van der Waals surface area contributed by atoms with Crippen LogP contribution in [0.5, 0.6) is 0 Å². The number of aliphatic hydroxyl groups is 1. The third kappa shape index (κ3) is 2.52. The van der Waals surface area contributed by atoms with Crippen molar-refractivity contribution in [3.8, 4) is 0 Å². The molecule has 1 saturated heterocycles. The number of hydrogen-bond acceptors (Lipinski definition) is 5. The lowest BCUT2D eigenvalue weighted by Gasteiger charge is -2.29. The number of aliphatic hydroxyl groups excluding tert-OH is 1. The van der Waals surface area contributed by atoms with E-state index in [0.717, 1.165) is 29.5 Å². The molecule has 1 aliphatic heterocycles. The van der Waals surface area contributed by atoms with Crippen molar-refractivity contribution in [3.63, 3.8) is 0 Å². The fraction of sp³-hybridized carbons (Fsp3) is 0.818. The van der Waals surface area contributed by atoms with E-state index in [9.17, 15) is 5.11 Å². The second-order valence-corrected chi connectivity index (χ2v) is 6.34. The molecule has 0 spiro atoms. The predicted octanol–water partition coefficient (Wildman–Crippen LogP) is 1.80. The molecule has 2 rings (SSSR count). The molecule has 1 aliphatic rings. The molecule has 1 aromatic rings. The van der Waals surface area contributed by atoms with Crippen LogP contribution in [0.25, 0.3) is 0 Å². The smallest absolute Gasteiger partial charge is 0.208 e. The van der Waals surface area contributed by atoms with Crippen LogP contribution < -0.4 is 4.90 Å². The van der Waals surface area contributed by atoms with Crippen molar-refractivity contribution in [2.75, 3.05) is 18.0 Å². The van der Waals surface area contributed by atoms with Gasteiger partial charge in [0.2, 0.25) is 5.13 Å². The number of aromatic nitrogens is 2. The van der Waals surface area contributed by atoms with Gasteiger partial charge >= 0.3 is 0 Å². The van der Waals surface area contributed by atoms with Crippen LogP contribution in [0.15, 0.2) is 0 Å². The van der Waals surface area contributed by atoms with Crippen molar-refractivity contribution in [3.05, 3.63) is 5.01 Å². The van der Waals surface area contributed by atoms with Crippen LogP contribution in [0.1, 0.15) is 38.6 Å². The second kappa shape index (κ2) is 4.30.